The van der Waals surface area contributed by atoms with Crippen LogP contribution in [-0.2, 0) is 6.54 Å². The molecule has 0 bridgehead atoms. The summed E-state index contributed by atoms with van der Waals surface area (Å²) in [5.41, 5.74) is 6.52. The van der Waals surface area contributed by atoms with Crippen molar-refractivity contribution < 1.29 is 0 Å². The molecule has 0 saturated heterocycles. The number of likely N-dealkylation sites (N-methyl/N-ethyl adjacent to an activating group) is 1. The number of aromatic nitrogens is 2. The highest BCUT2D eigenvalue weighted by atomic mass is 15.3. The van der Waals surface area contributed by atoms with Gasteiger partial charge in [-0.2, -0.15) is 5.10 Å². The highest BCUT2D eigenvalue weighted by Gasteiger charge is 2.01. The van der Waals surface area contributed by atoms with Crippen molar-refractivity contribution in [2.45, 2.75) is 26.8 Å². The van der Waals surface area contributed by atoms with Gasteiger partial charge in [0.25, 0.3) is 0 Å². The molecule has 0 fully saturated rings. The first-order valence-corrected chi connectivity index (χ1v) is 6.48. The summed E-state index contributed by atoms with van der Waals surface area (Å²) in [6.07, 6.45) is 4.92. The molecule has 0 radical (unpaired) electrons. The van der Waals surface area contributed by atoms with Crippen LogP contribution in [0.4, 0.5) is 5.69 Å². The molecule has 1 heterocycles. The molecule has 0 spiro atoms. The van der Waals surface area contributed by atoms with Crippen molar-refractivity contribution in [2.75, 3.05) is 38.0 Å². The van der Waals surface area contributed by atoms with E-state index in [2.05, 4.69) is 35.4 Å². The van der Waals surface area contributed by atoms with Gasteiger partial charge in [-0.05, 0) is 26.1 Å². The van der Waals surface area contributed by atoms with Crippen LogP contribution in [0.2, 0.25) is 0 Å². The lowest BCUT2D eigenvalue weighted by Crippen LogP contribution is -2.27. The lowest BCUT2D eigenvalue weighted by atomic mass is 10.4. The van der Waals surface area contributed by atoms with E-state index in [0.29, 0.717) is 0 Å². The Balaban J connectivity index is 2.30. The fraction of sp³-hybridized carbons (Fsp3) is 0.750. The van der Waals surface area contributed by atoms with E-state index in [9.17, 15) is 0 Å². The zero-order chi connectivity index (χ0) is 12.5. The third-order valence-electron chi connectivity index (χ3n) is 2.88. The van der Waals surface area contributed by atoms with Crippen LogP contribution in [0.25, 0.3) is 0 Å². The number of anilines is 1. The van der Waals surface area contributed by atoms with E-state index in [4.69, 9.17) is 5.73 Å². The molecule has 0 aromatic carbocycles. The van der Waals surface area contributed by atoms with Crippen LogP contribution in [0.3, 0.4) is 0 Å². The van der Waals surface area contributed by atoms with Crippen LogP contribution in [0.1, 0.15) is 20.3 Å². The Labute approximate surface area is 104 Å². The van der Waals surface area contributed by atoms with Crippen molar-refractivity contribution in [1.82, 2.24) is 14.7 Å². The molecule has 1 aromatic rings. The van der Waals surface area contributed by atoms with E-state index in [0.717, 1.165) is 51.4 Å². The molecule has 3 N–H and O–H groups in total. The fourth-order valence-electron chi connectivity index (χ4n) is 1.70. The van der Waals surface area contributed by atoms with Crippen LogP contribution >= 0.6 is 0 Å². The predicted octanol–water partition coefficient (Wildman–Crippen LogP) is 0.986. The minimum Gasteiger partial charge on any atom is -0.382 e. The average molecular weight is 239 g/mol. The smallest absolute Gasteiger partial charge is 0.0726 e. The highest BCUT2D eigenvalue weighted by molar-refractivity contribution is 5.37. The third kappa shape index (κ3) is 5.19. The summed E-state index contributed by atoms with van der Waals surface area (Å²) in [6.45, 7) is 10.2. The molecule has 1 aromatic heterocycles. The number of nitrogens with two attached hydrogens (primary N) is 1. The largest absolute Gasteiger partial charge is 0.382 e. The van der Waals surface area contributed by atoms with Gasteiger partial charge in [0.2, 0.25) is 0 Å². The Morgan fingerprint density at radius 3 is 2.82 bits per heavy atom. The molecule has 0 saturated carbocycles. The van der Waals surface area contributed by atoms with E-state index in [1.54, 1.807) is 0 Å². The van der Waals surface area contributed by atoms with Crippen molar-refractivity contribution in [2.24, 2.45) is 5.73 Å². The van der Waals surface area contributed by atoms with Crippen LogP contribution in [0.15, 0.2) is 12.4 Å². The number of nitrogens with zero attached hydrogens (tertiary/aromatic N) is 3. The maximum atomic E-state index is 5.44. The lowest BCUT2D eigenvalue weighted by molar-refractivity contribution is 0.285. The minimum absolute atomic E-state index is 0.725. The summed E-state index contributed by atoms with van der Waals surface area (Å²) in [7, 11) is 0. The van der Waals surface area contributed by atoms with Crippen LogP contribution in [0.5, 0.6) is 0 Å². The quantitative estimate of drug-likeness (QED) is 0.631. The average Bonchev–Trinajstić information content (AvgIpc) is 2.79. The van der Waals surface area contributed by atoms with E-state index >= 15 is 0 Å². The Morgan fingerprint density at radius 2 is 2.18 bits per heavy atom. The monoisotopic (exact) mass is 239 g/mol. The first kappa shape index (κ1) is 14.0. The maximum absolute atomic E-state index is 5.44. The van der Waals surface area contributed by atoms with E-state index in [1.807, 2.05) is 10.9 Å². The Bertz CT molecular complexity index is 293. The fourth-order valence-corrected chi connectivity index (χ4v) is 1.70. The van der Waals surface area contributed by atoms with Crippen LogP contribution < -0.4 is 11.1 Å². The molecule has 0 unspecified atom stereocenters. The first-order valence-electron chi connectivity index (χ1n) is 6.48. The van der Waals surface area contributed by atoms with Crippen molar-refractivity contribution in [3.05, 3.63) is 12.4 Å². The van der Waals surface area contributed by atoms with E-state index < -0.39 is 0 Å². The van der Waals surface area contributed by atoms with Gasteiger partial charge in [0, 0.05) is 19.3 Å². The molecule has 17 heavy (non-hydrogen) atoms. The first-order chi connectivity index (χ1) is 8.30. The molecule has 5 nitrogen and oxygen atoms in total. The summed E-state index contributed by atoms with van der Waals surface area (Å²) in [5, 5.41) is 7.64. The minimum atomic E-state index is 0.725. The molecule has 5 heteroatoms. The number of hydrogen-bond donors (Lipinski definition) is 2. The molecule has 0 aliphatic rings. The molecular formula is C12H25N5. The van der Waals surface area contributed by atoms with Gasteiger partial charge < -0.3 is 16.0 Å². The van der Waals surface area contributed by atoms with Gasteiger partial charge in [-0.25, -0.2) is 0 Å². The molecular weight excluding hydrogens is 214 g/mol. The molecule has 0 atom stereocenters. The van der Waals surface area contributed by atoms with Crippen molar-refractivity contribution in [3.63, 3.8) is 0 Å². The second-order valence-electron chi connectivity index (χ2n) is 4.09. The molecule has 1 rings (SSSR count). The number of hydrogen-bond acceptors (Lipinski definition) is 4. The van der Waals surface area contributed by atoms with Gasteiger partial charge in [0.15, 0.2) is 0 Å². The van der Waals surface area contributed by atoms with Crippen molar-refractivity contribution in [3.8, 4) is 0 Å². The predicted molar refractivity (Wildman–Crippen MR) is 72.2 cm³/mol. The van der Waals surface area contributed by atoms with Crippen LogP contribution in [0, 0.1) is 0 Å². The van der Waals surface area contributed by atoms with Gasteiger partial charge >= 0.3 is 0 Å². The second-order valence-corrected chi connectivity index (χ2v) is 4.09. The van der Waals surface area contributed by atoms with Gasteiger partial charge in [0.1, 0.15) is 0 Å². The van der Waals surface area contributed by atoms with Gasteiger partial charge in [-0.1, -0.05) is 13.8 Å². The van der Waals surface area contributed by atoms with Gasteiger partial charge in [-0.15, -0.1) is 0 Å². The zero-order valence-electron chi connectivity index (χ0n) is 11.0. The summed E-state index contributed by atoms with van der Waals surface area (Å²) < 4.78 is 1.99. The van der Waals surface area contributed by atoms with E-state index in [-0.39, 0.29) is 0 Å². The Hall–Kier alpha value is -1.07. The standard InChI is InChI=1S/C12H25N5/c1-3-16(4-2)8-9-17-11-12(10-15-17)14-7-5-6-13/h10-11,14H,3-9,13H2,1-2H3. The third-order valence-corrected chi connectivity index (χ3v) is 2.88. The van der Waals surface area contributed by atoms with E-state index in [1.165, 1.54) is 0 Å². The second kappa shape index (κ2) is 8.08. The zero-order valence-corrected chi connectivity index (χ0v) is 11.0. The summed E-state index contributed by atoms with van der Waals surface area (Å²) in [6, 6.07) is 0. The molecule has 0 aliphatic heterocycles. The molecule has 98 valence electrons. The van der Waals surface area contributed by atoms with Crippen LogP contribution in [-0.4, -0.2) is 47.4 Å². The summed E-state index contributed by atoms with van der Waals surface area (Å²) in [4.78, 5) is 2.39. The Morgan fingerprint density at radius 1 is 1.41 bits per heavy atom. The van der Waals surface area contributed by atoms with Crippen molar-refractivity contribution in [1.29, 1.82) is 0 Å². The lowest BCUT2D eigenvalue weighted by Gasteiger charge is -2.17. The normalized spacial score (nSPS) is 11.1. The SMILES string of the molecule is CCN(CC)CCn1cc(NCCCN)cn1. The topological polar surface area (TPSA) is 59.1 Å². The molecule has 0 aliphatic carbocycles. The molecule has 0 amide bonds. The van der Waals surface area contributed by atoms with Crippen molar-refractivity contribution >= 4 is 5.69 Å². The van der Waals surface area contributed by atoms with Gasteiger partial charge in [0.05, 0.1) is 18.4 Å². The number of rotatable bonds is 9. The Kier molecular flexibility index (Phi) is 6.65. The number of nitrogens with one attached hydrogen (secondary N) is 1. The summed E-state index contributed by atoms with van der Waals surface area (Å²) in [5.74, 6) is 0. The highest BCUT2D eigenvalue weighted by Crippen LogP contribution is 2.04. The van der Waals surface area contributed by atoms with Gasteiger partial charge in [-0.3, -0.25) is 4.68 Å². The maximum Gasteiger partial charge on any atom is 0.0726 e. The summed E-state index contributed by atoms with van der Waals surface area (Å²) >= 11 is 0.